The van der Waals surface area contributed by atoms with Crippen molar-refractivity contribution in [1.82, 2.24) is 4.90 Å². The molecule has 0 spiro atoms. The molecule has 1 aromatic carbocycles. The standard InChI is InChI=1S/C14H15ClFNO2S/c1-8(18)5-6-17(2)14(19)13-12(15)10-4-3-9(16)7-11(10)20-13/h3-4,7-8,18H,5-6H2,1-2H3. The van der Waals surface area contributed by atoms with Gasteiger partial charge in [0.25, 0.3) is 5.91 Å². The number of aliphatic hydroxyl groups excluding tert-OH is 1. The van der Waals surface area contributed by atoms with Crippen LogP contribution in [0, 0.1) is 5.82 Å². The number of benzene rings is 1. The molecule has 0 radical (unpaired) electrons. The van der Waals surface area contributed by atoms with E-state index in [0.717, 1.165) is 0 Å². The number of carbonyl (C=O) groups excluding carboxylic acids is 1. The maximum absolute atomic E-state index is 13.2. The van der Waals surface area contributed by atoms with Gasteiger partial charge < -0.3 is 10.0 Å². The summed E-state index contributed by atoms with van der Waals surface area (Å²) in [6.07, 6.45) is 0.0385. The van der Waals surface area contributed by atoms with E-state index in [4.69, 9.17) is 11.6 Å². The second-order valence-electron chi connectivity index (χ2n) is 4.75. The number of aliphatic hydroxyl groups is 1. The van der Waals surface area contributed by atoms with Crippen molar-refractivity contribution >= 4 is 38.9 Å². The highest BCUT2D eigenvalue weighted by atomic mass is 35.5. The summed E-state index contributed by atoms with van der Waals surface area (Å²) >= 11 is 7.39. The fraction of sp³-hybridized carbons (Fsp3) is 0.357. The van der Waals surface area contributed by atoms with Crippen LogP contribution in [0.5, 0.6) is 0 Å². The summed E-state index contributed by atoms with van der Waals surface area (Å²) in [6, 6.07) is 4.28. The first-order valence-electron chi connectivity index (χ1n) is 6.21. The second-order valence-corrected chi connectivity index (χ2v) is 6.18. The molecule has 20 heavy (non-hydrogen) atoms. The van der Waals surface area contributed by atoms with Crippen molar-refractivity contribution in [2.24, 2.45) is 0 Å². The van der Waals surface area contributed by atoms with Crippen LogP contribution in [0.1, 0.15) is 23.0 Å². The Morgan fingerprint density at radius 2 is 2.25 bits per heavy atom. The van der Waals surface area contributed by atoms with Crippen molar-refractivity contribution in [2.75, 3.05) is 13.6 Å². The molecule has 0 bridgehead atoms. The number of rotatable bonds is 4. The lowest BCUT2D eigenvalue weighted by Crippen LogP contribution is -2.29. The number of halogens is 2. The molecule has 1 atom stereocenters. The van der Waals surface area contributed by atoms with Gasteiger partial charge in [0, 0.05) is 23.7 Å². The van der Waals surface area contributed by atoms with Gasteiger partial charge in [-0.25, -0.2) is 4.39 Å². The summed E-state index contributed by atoms with van der Waals surface area (Å²) in [7, 11) is 1.66. The molecule has 6 heteroatoms. The number of amides is 1. The van der Waals surface area contributed by atoms with E-state index in [1.54, 1.807) is 20.0 Å². The lowest BCUT2D eigenvalue weighted by atomic mass is 10.2. The maximum Gasteiger partial charge on any atom is 0.265 e. The fourth-order valence-corrected chi connectivity index (χ4v) is 3.36. The lowest BCUT2D eigenvalue weighted by molar-refractivity contribution is 0.0774. The highest BCUT2D eigenvalue weighted by Gasteiger charge is 2.20. The van der Waals surface area contributed by atoms with Crippen molar-refractivity contribution in [3.63, 3.8) is 0 Å². The monoisotopic (exact) mass is 315 g/mol. The normalized spacial score (nSPS) is 12.7. The summed E-state index contributed by atoms with van der Waals surface area (Å²) in [5.41, 5.74) is 0. The molecule has 0 fully saturated rings. The topological polar surface area (TPSA) is 40.5 Å². The first-order valence-corrected chi connectivity index (χ1v) is 7.40. The van der Waals surface area contributed by atoms with Crippen LogP contribution in [-0.4, -0.2) is 35.6 Å². The molecule has 1 amide bonds. The highest BCUT2D eigenvalue weighted by molar-refractivity contribution is 7.21. The molecule has 3 nitrogen and oxygen atoms in total. The van der Waals surface area contributed by atoms with Crippen LogP contribution in [0.15, 0.2) is 18.2 Å². The Labute approximate surface area is 125 Å². The molecule has 0 aliphatic rings. The van der Waals surface area contributed by atoms with Crippen LogP contribution in [-0.2, 0) is 0 Å². The van der Waals surface area contributed by atoms with Crippen LogP contribution in [0.2, 0.25) is 5.02 Å². The molecule has 0 saturated carbocycles. The number of hydrogen-bond donors (Lipinski definition) is 1. The Kier molecular flexibility index (Phi) is 4.62. The van der Waals surface area contributed by atoms with Gasteiger partial charge in [-0.15, -0.1) is 11.3 Å². The minimum absolute atomic E-state index is 0.211. The molecule has 2 aromatic rings. The molecule has 1 aromatic heterocycles. The molecule has 1 heterocycles. The van der Waals surface area contributed by atoms with Gasteiger partial charge in [-0.3, -0.25) is 4.79 Å². The second kappa shape index (κ2) is 6.08. The van der Waals surface area contributed by atoms with E-state index in [2.05, 4.69) is 0 Å². The molecular formula is C14H15ClFNO2S. The van der Waals surface area contributed by atoms with Gasteiger partial charge in [-0.1, -0.05) is 11.6 Å². The van der Waals surface area contributed by atoms with E-state index in [-0.39, 0.29) is 11.7 Å². The highest BCUT2D eigenvalue weighted by Crippen LogP contribution is 2.36. The predicted octanol–water partition coefficient (Wildman–Crippen LogP) is 3.54. The largest absolute Gasteiger partial charge is 0.393 e. The van der Waals surface area contributed by atoms with E-state index in [1.165, 1.54) is 28.4 Å². The van der Waals surface area contributed by atoms with Crippen molar-refractivity contribution in [1.29, 1.82) is 0 Å². The summed E-state index contributed by atoms with van der Waals surface area (Å²) < 4.78 is 13.8. The third-order valence-corrected chi connectivity index (χ3v) is 4.66. The lowest BCUT2D eigenvalue weighted by Gasteiger charge is -2.17. The third-order valence-electron chi connectivity index (χ3n) is 3.01. The van der Waals surface area contributed by atoms with Crippen molar-refractivity contribution < 1.29 is 14.3 Å². The van der Waals surface area contributed by atoms with E-state index < -0.39 is 6.10 Å². The van der Waals surface area contributed by atoms with Gasteiger partial charge in [-0.05, 0) is 31.5 Å². The first-order chi connectivity index (χ1) is 9.40. The average Bonchev–Trinajstić information content (AvgIpc) is 2.71. The Hall–Kier alpha value is -1.17. The van der Waals surface area contributed by atoms with Crippen molar-refractivity contribution in [3.05, 3.63) is 33.9 Å². The minimum atomic E-state index is -0.461. The molecule has 1 N–H and O–H groups in total. The molecule has 1 unspecified atom stereocenters. The SMILES string of the molecule is CC(O)CCN(C)C(=O)c1sc2cc(F)ccc2c1Cl. The fourth-order valence-electron chi connectivity index (χ4n) is 1.83. The number of fused-ring (bicyclic) bond motifs is 1. The van der Waals surface area contributed by atoms with Crippen LogP contribution < -0.4 is 0 Å². The maximum atomic E-state index is 13.2. The predicted molar refractivity (Wildman–Crippen MR) is 80.1 cm³/mol. The molecular weight excluding hydrogens is 301 g/mol. The number of nitrogens with zero attached hydrogens (tertiary/aromatic N) is 1. The number of hydrogen-bond acceptors (Lipinski definition) is 3. The van der Waals surface area contributed by atoms with E-state index in [9.17, 15) is 14.3 Å². The average molecular weight is 316 g/mol. The molecule has 2 rings (SSSR count). The summed E-state index contributed by atoms with van der Waals surface area (Å²) in [6.45, 7) is 2.11. The van der Waals surface area contributed by atoms with Gasteiger partial charge in [0.2, 0.25) is 0 Å². The number of thiophene rings is 1. The smallest absolute Gasteiger partial charge is 0.265 e. The van der Waals surface area contributed by atoms with Crippen molar-refractivity contribution in [2.45, 2.75) is 19.4 Å². The zero-order valence-corrected chi connectivity index (χ0v) is 12.8. The molecule has 0 aliphatic heterocycles. The quantitative estimate of drug-likeness (QED) is 0.937. The Morgan fingerprint density at radius 1 is 1.55 bits per heavy atom. The van der Waals surface area contributed by atoms with Gasteiger partial charge >= 0.3 is 0 Å². The summed E-state index contributed by atoms with van der Waals surface area (Å²) in [4.78, 5) is 14.2. The van der Waals surface area contributed by atoms with E-state index in [0.29, 0.717) is 33.0 Å². The van der Waals surface area contributed by atoms with Crippen molar-refractivity contribution in [3.8, 4) is 0 Å². The van der Waals surface area contributed by atoms with Gasteiger partial charge in [-0.2, -0.15) is 0 Å². The summed E-state index contributed by atoms with van der Waals surface area (Å²) in [5, 5.41) is 10.3. The van der Waals surface area contributed by atoms with Crippen LogP contribution in [0.4, 0.5) is 4.39 Å². The van der Waals surface area contributed by atoms with Crippen LogP contribution in [0.3, 0.4) is 0 Å². The zero-order chi connectivity index (χ0) is 14.9. The molecule has 0 saturated heterocycles. The van der Waals surface area contributed by atoms with Crippen LogP contribution >= 0.6 is 22.9 Å². The molecule has 0 aliphatic carbocycles. The van der Waals surface area contributed by atoms with E-state index >= 15 is 0 Å². The Morgan fingerprint density at radius 3 is 2.90 bits per heavy atom. The Balaban J connectivity index is 2.28. The molecule has 108 valence electrons. The van der Waals surface area contributed by atoms with Gasteiger partial charge in [0.1, 0.15) is 10.7 Å². The van der Waals surface area contributed by atoms with Crippen LogP contribution in [0.25, 0.3) is 10.1 Å². The third kappa shape index (κ3) is 3.11. The Bertz CT molecular complexity index is 641. The minimum Gasteiger partial charge on any atom is -0.393 e. The first kappa shape index (κ1) is 15.2. The van der Waals surface area contributed by atoms with Gasteiger partial charge in [0.05, 0.1) is 11.1 Å². The zero-order valence-electron chi connectivity index (χ0n) is 11.2. The number of carbonyl (C=O) groups is 1. The summed E-state index contributed by atoms with van der Waals surface area (Å²) in [5.74, 6) is -0.561. The van der Waals surface area contributed by atoms with Gasteiger partial charge in [0.15, 0.2) is 0 Å². The van der Waals surface area contributed by atoms with E-state index in [1.807, 2.05) is 0 Å².